The molecular formula is C18H11Cl2N3O3. The first-order valence-electron chi connectivity index (χ1n) is 7.50. The number of furan rings is 1. The van der Waals surface area contributed by atoms with Crippen LogP contribution < -0.4 is 11.1 Å². The molecule has 0 aliphatic rings. The molecule has 2 aromatic heterocycles. The van der Waals surface area contributed by atoms with Gasteiger partial charge in [0.05, 0.1) is 21.3 Å². The van der Waals surface area contributed by atoms with Crippen molar-refractivity contribution in [2.24, 2.45) is 0 Å². The van der Waals surface area contributed by atoms with E-state index in [1.807, 2.05) is 0 Å². The van der Waals surface area contributed by atoms with E-state index < -0.39 is 5.91 Å². The number of nitrogens with two attached hydrogens (primary N) is 1. The van der Waals surface area contributed by atoms with E-state index in [9.17, 15) is 9.90 Å². The minimum atomic E-state index is -0.463. The van der Waals surface area contributed by atoms with Gasteiger partial charge in [0.25, 0.3) is 5.91 Å². The summed E-state index contributed by atoms with van der Waals surface area (Å²) in [6.45, 7) is 0. The second-order valence-corrected chi connectivity index (χ2v) is 6.44. The molecule has 26 heavy (non-hydrogen) atoms. The molecule has 0 aliphatic carbocycles. The minimum absolute atomic E-state index is 0.0775. The van der Waals surface area contributed by atoms with Crippen molar-refractivity contribution >= 4 is 62.4 Å². The van der Waals surface area contributed by atoms with Crippen molar-refractivity contribution < 1.29 is 14.3 Å². The molecule has 2 aromatic carbocycles. The van der Waals surface area contributed by atoms with E-state index in [1.165, 1.54) is 24.5 Å². The summed E-state index contributed by atoms with van der Waals surface area (Å²) >= 11 is 12.1. The lowest BCUT2D eigenvalue weighted by Crippen LogP contribution is -2.13. The van der Waals surface area contributed by atoms with Gasteiger partial charge >= 0.3 is 0 Å². The Morgan fingerprint density at radius 3 is 2.62 bits per heavy atom. The van der Waals surface area contributed by atoms with Gasteiger partial charge in [-0.3, -0.25) is 9.78 Å². The van der Waals surface area contributed by atoms with E-state index in [0.717, 1.165) is 0 Å². The molecule has 0 radical (unpaired) electrons. The molecule has 0 atom stereocenters. The number of rotatable bonds is 2. The Morgan fingerprint density at radius 2 is 1.88 bits per heavy atom. The number of halogens is 2. The van der Waals surface area contributed by atoms with Gasteiger partial charge in [-0.25, -0.2) is 0 Å². The molecule has 4 N–H and O–H groups in total. The maximum Gasteiger partial charge on any atom is 0.256 e. The molecule has 0 spiro atoms. The van der Waals surface area contributed by atoms with E-state index in [-0.39, 0.29) is 32.6 Å². The summed E-state index contributed by atoms with van der Waals surface area (Å²) in [5.74, 6) is -0.540. The lowest BCUT2D eigenvalue weighted by atomic mass is 10.0. The lowest BCUT2D eigenvalue weighted by molar-refractivity contribution is 0.102. The number of amides is 1. The fourth-order valence-electron chi connectivity index (χ4n) is 2.79. The number of anilines is 2. The molecule has 6 nitrogen and oxygen atoms in total. The molecule has 0 aliphatic heterocycles. The van der Waals surface area contributed by atoms with Crippen LogP contribution in [0.3, 0.4) is 0 Å². The molecule has 2 heterocycles. The molecule has 0 bridgehead atoms. The van der Waals surface area contributed by atoms with Crippen LogP contribution in [0.2, 0.25) is 10.0 Å². The summed E-state index contributed by atoms with van der Waals surface area (Å²) in [5, 5.41) is 14.3. The smallest absolute Gasteiger partial charge is 0.256 e. The number of hydrogen-bond acceptors (Lipinski definition) is 5. The molecule has 130 valence electrons. The first-order chi connectivity index (χ1) is 12.5. The maximum absolute atomic E-state index is 12.9. The zero-order chi connectivity index (χ0) is 18.4. The Labute approximate surface area is 157 Å². The molecule has 0 unspecified atom stereocenters. The fourth-order valence-corrected chi connectivity index (χ4v) is 3.24. The van der Waals surface area contributed by atoms with Gasteiger partial charge in [-0.05, 0) is 30.3 Å². The van der Waals surface area contributed by atoms with Crippen molar-refractivity contribution in [3.05, 3.63) is 58.3 Å². The van der Waals surface area contributed by atoms with Crippen molar-refractivity contribution in [1.82, 2.24) is 4.98 Å². The van der Waals surface area contributed by atoms with Gasteiger partial charge in [-0.1, -0.05) is 23.2 Å². The first-order valence-corrected chi connectivity index (χ1v) is 8.25. The van der Waals surface area contributed by atoms with Gasteiger partial charge in [0, 0.05) is 28.9 Å². The highest BCUT2D eigenvalue weighted by molar-refractivity contribution is 6.40. The molecule has 0 saturated heterocycles. The monoisotopic (exact) mass is 387 g/mol. The number of pyridine rings is 1. The van der Waals surface area contributed by atoms with Gasteiger partial charge in [-0.2, -0.15) is 0 Å². The van der Waals surface area contributed by atoms with Gasteiger partial charge in [-0.15, -0.1) is 0 Å². The van der Waals surface area contributed by atoms with Crippen LogP contribution in [0.25, 0.3) is 21.9 Å². The summed E-state index contributed by atoms with van der Waals surface area (Å²) in [5.41, 5.74) is 7.60. The minimum Gasteiger partial charge on any atom is -0.504 e. The lowest BCUT2D eigenvalue weighted by Gasteiger charge is -2.09. The Bertz CT molecular complexity index is 1170. The Kier molecular flexibility index (Phi) is 3.86. The van der Waals surface area contributed by atoms with Crippen molar-refractivity contribution in [2.45, 2.75) is 0 Å². The van der Waals surface area contributed by atoms with Crippen LogP contribution in [0.15, 0.2) is 47.1 Å². The summed E-state index contributed by atoms with van der Waals surface area (Å²) in [4.78, 5) is 16.7. The number of carbonyl (C=O) groups is 1. The molecule has 1 amide bonds. The van der Waals surface area contributed by atoms with Crippen LogP contribution in [0.1, 0.15) is 10.4 Å². The molecule has 0 fully saturated rings. The number of benzene rings is 2. The maximum atomic E-state index is 12.9. The summed E-state index contributed by atoms with van der Waals surface area (Å²) in [7, 11) is 0. The third-order valence-corrected chi connectivity index (χ3v) is 4.53. The Hall–Kier alpha value is -2.96. The van der Waals surface area contributed by atoms with Gasteiger partial charge in [0.1, 0.15) is 5.58 Å². The molecule has 8 heteroatoms. The summed E-state index contributed by atoms with van der Waals surface area (Å²) in [6, 6.07) is 7.93. The largest absolute Gasteiger partial charge is 0.504 e. The van der Waals surface area contributed by atoms with Gasteiger partial charge in [0.15, 0.2) is 11.3 Å². The highest BCUT2D eigenvalue weighted by Crippen LogP contribution is 2.38. The van der Waals surface area contributed by atoms with Gasteiger partial charge < -0.3 is 20.6 Å². The zero-order valence-electron chi connectivity index (χ0n) is 13.1. The average Bonchev–Trinajstić information content (AvgIpc) is 2.98. The third kappa shape index (κ3) is 2.60. The van der Waals surface area contributed by atoms with Crippen LogP contribution >= 0.6 is 23.2 Å². The quantitative estimate of drug-likeness (QED) is 0.427. The first kappa shape index (κ1) is 16.5. The third-order valence-electron chi connectivity index (χ3n) is 3.96. The van der Waals surface area contributed by atoms with Crippen molar-refractivity contribution in [3.63, 3.8) is 0 Å². The number of aromatic hydroxyl groups is 1. The van der Waals surface area contributed by atoms with Crippen molar-refractivity contribution in [2.75, 3.05) is 11.1 Å². The number of hydrogen-bond donors (Lipinski definition) is 3. The number of phenols is 1. The zero-order valence-corrected chi connectivity index (χ0v) is 14.6. The summed E-state index contributed by atoms with van der Waals surface area (Å²) in [6.07, 6.45) is 2.76. The molecule has 4 aromatic rings. The van der Waals surface area contributed by atoms with E-state index in [2.05, 4.69) is 10.3 Å². The standard InChI is InChI=1S/C18H11Cl2N3O3/c19-11-6-22-7-12(20)16(11)23-18(25)9-2-3-13(24)17-15(9)10-5-8(21)1-4-14(10)26-17/h1-7,24H,21H2,(H,22,23,25). The number of nitrogen functional groups attached to an aromatic ring is 1. The van der Waals surface area contributed by atoms with Crippen molar-refractivity contribution in [1.29, 1.82) is 0 Å². The van der Waals surface area contributed by atoms with E-state index >= 15 is 0 Å². The van der Waals surface area contributed by atoms with E-state index in [4.69, 9.17) is 33.4 Å². The summed E-state index contributed by atoms with van der Waals surface area (Å²) < 4.78 is 5.68. The average molecular weight is 388 g/mol. The highest BCUT2D eigenvalue weighted by Gasteiger charge is 2.20. The van der Waals surface area contributed by atoms with Crippen LogP contribution in [-0.2, 0) is 0 Å². The highest BCUT2D eigenvalue weighted by atomic mass is 35.5. The number of nitrogens with zero attached hydrogens (tertiary/aromatic N) is 1. The Morgan fingerprint density at radius 1 is 1.15 bits per heavy atom. The SMILES string of the molecule is Nc1ccc2oc3c(O)ccc(C(=O)Nc4c(Cl)cncc4Cl)c3c2c1. The number of fused-ring (bicyclic) bond motifs is 3. The van der Waals surface area contributed by atoms with Crippen LogP contribution in [0.5, 0.6) is 5.75 Å². The Balaban J connectivity index is 1.91. The number of aromatic nitrogens is 1. The number of nitrogens with one attached hydrogen (secondary N) is 1. The topological polar surface area (TPSA) is 101 Å². The second kappa shape index (κ2) is 6.09. The van der Waals surface area contributed by atoms with Crippen LogP contribution in [-0.4, -0.2) is 16.0 Å². The predicted molar refractivity (Wildman–Crippen MR) is 102 cm³/mol. The molecule has 4 rings (SSSR count). The fraction of sp³-hybridized carbons (Fsp3) is 0. The molecular weight excluding hydrogens is 377 g/mol. The van der Waals surface area contributed by atoms with Crippen LogP contribution in [0, 0.1) is 0 Å². The normalized spacial score (nSPS) is 11.2. The number of phenolic OH excluding ortho intramolecular Hbond substituents is 1. The molecule has 0 saturated carbocycles. The number of carbonyl (C=O) groups excluding carboxylic acids is 1. The predicted octanol–water partition coefficient (Wildman–Crippen LogP) is 4.83. The van der Waals surface area contributed by atoms with E-state index in [0.29, 0.717) is 22.0 Å². The second-order valence-electron chi connectivity index (χ2n) is 5.63. The van der Waals surface area contributed by atoms with Crippen LogP contribution in [0.4, 0.5) is 11.4 Å². The van der Waals surface area contributed by atoms with Gasteiger partial charge in [0.2, 0.25) is 0 Å². The van der Waals surface area contributed by atoms with E-state index in [1.54, 1.807) is 18.2 Å². The van der Waals surface area contributed by atoms with Crippen molar-refractivity contribution in [3.8, 4) is 5.75 Å².